The molecule has 1 atom stereocenters. The van der Waals surface area contributed by atoms with Gasteiger partial charge in [-0.3, -0.25) is 9.52 Å². The van der Waals surface area contributed by atoms with Gasteiger partial charge < -0.3 is 5.32 Å². The molecule has 0 saturated carbocycles. The maximum atomic E-state index is 13.0. The zero-order valence-corrected chi connectivity index (χ0v) is 17.4. The minimum atomic E-state index is -3.39. The Morgan fingerprint density at radius 3 is 2.33 bits per heavy atom. The van der Waals surface area contributed by atoms with Crippen LogP contribution in [-0.4, -0.2) is 20.6 Å². The fourth-order valence-corrected chi connectivity index (χ4v) is 3.73. The van der Waals surface area contributed by atoms with Crippen molar-refractivity contribution < 1.29 is 13.2 Å². The topological polar surface area (TPSA) is 99.1 Å². The third kappa shape index (κ3) is 5.04. The van der Waals surface area contributed by atoms with E-state index in [1.807, 2.05) is 37.3 Å². The number of benzene rings is 3. The van der Waals surface area contributed by atoms with Crippen LogP contribution in [0.4, 0.5) is 5.69 Å². The minimum Gasteiger partial charge on any atom is -0.345 e. The van der Waals surface area contributed by atoms with Crippen molar-refractivity contribution in [2.75, 3.05) is 11.0 Å². The summed E-state index contributed by atoms with van der Waals surface area (Å²) in [5, 5.41) is 12.4. The van der Waals surface area contributed by atoms with Crippen LogP contribution in [0.3, 0.4) is 0 Å². The van der Waals surface area contributed by atoms with E-state index in [-0.39, 0.29) is 11.9 Å². The van der Waals surface area contributed by atoms with Gasteiger partial charge in [0.15, 0.2) is 0 Å². The highest BCUT2D eigenvalue weighted by Gasteiger charge is 2.17. The predicted octanol–water partition coefficient (Wildman–Crippen LogP) is 4.09. The first kappa shape index (κ1) is 21.1. The smallest absolute Gasteiger partial charge is 0.252 e. The zero-order valence-electron chi connectivity index (χ0n) is 16.6. The van der Waals surface area contributed by atoms with E-state index in [0.29, 0.717) is 27.9 Å². The van der Waals surface area contributed by atoms with Crippen molar-refractivity contribution in [3.8, 4) is 17.2 Å². The standard InChI is InChI=1S/C23H21N3O3S/c1-16(17-9-7-10-19(14-17)26-30(2,28)29)25-23(27)22-13-6-5-12-21(22)20-11-4-3-8-18(20)15-24/h3-14,16,26H,1-2H3,(H,25,27). The van der Waals surface area contributed by atoms with Crippen molar-refractivity contribution >= 4 is 21.6 Å². The molecule has 0 aliphatic rings. The fourth-order valence-electron chi connectivity index (χ4n) is 3.17. The van der Waals surface area contributed by atoms with Crippen molar-refractivity contribution in [1.29, 1.82) is 5.26 Å². The third-order valence-corrected chi connectivity index (χ3v) is 5.15. The number of nitriles is 1. The lowest BCUT2D eigenvalue weighted by molar-refractivity contribution is 0.0940. The van der Waals surface area contributed by atoms with Crippen molar-refractivity contribution in [3.63, 3.8) is 0 Å². The fraction of sp³-hybridized carbons (Fsp3) is 0.130. The second kappa shape index (κ2) is 8.80. The molecule has 0 radical (unpaired) electrons. The summed E-state index contributed by atoms with van der Waals surface area (Å²) in [4.78, 5) is 13.0. The highest BCUT2D eigenvalue weighted by molar-refractivity contribution is 7.92. The van der Waals surface area contributed by atoms with Crippen LogP contribution in [0.25, 0.3) is 11.1 Å². The van der Waals surface area contributed by atoms with Gasteiger partial charge in [-0.15, -0.1) is 0 Å². The van der Waals surface area contributed by atoms with Crippen LogP contribution in [-0.2, 0) is 10.0 Å². The summed E-state index contributed by atoms with van der Waals surface area (Å²) in [5.74, 6) is -0.285. The van der Waals surface area contributed by atoms with E-state index in [2.05, 4.69) is 16.1 Å². The number of nitrogens with zero attached hydrogens (tertiary/aromatic N) is 1. The molecule has 0 bridgehead atoms. The van der Waals surface area contributed by atoms with Crippen LogP contribution in [0.5, 0.6) is 0 Å². The van der Waals surface area contributed by atoms with E-state index in [1.54, 1.807) is 42.5 Å². The van der Waals surface area contributed by atoms with Crippen molar-refractivity contribution in [2.24, 2.45) is 0 Å². The van der Waals surface area contributed by atoms with Gasteiger partial charge in [-0.05, 0) is 42.3 Å². The number of anilines is 1. The molecule has 7 heteroatoms. The van der Waals surface area contributed by atoms with E-state index in [1.165, 1.54) is 0 Å². The lowest BCUT2D eigenvalue weighted by atomic mass is 9.95. The molecule has 0 saturated heterocycles. The minimum absolute atomic E-state index is 0.285. The molecule has 0 aromatic heterocycles. The lowest BCUT2D eigenvalue weighted by Crippen LogP contribution is -2.27. The molecule has 1 unspecified atom stereocenters. The Hall–Kier alpha value is -3.63. The molecule has 0 fully saturated rings. The monoisotopic (exact) mass is 419 g/mol. The molecule has 6 nitrogen and oxygen atoms in total. The normalized spacial score (nSPS) is 11.9. The Kier molecular flexibility index (Phi) is 6.19. The number of hydrogen-bond donors (Lipinski definition) is 2. The van der Waals surface area contributed by atoms with Crippen LogP contribution >= 0.6 is 0 Å². The highest BCUT2D eigenvalue weighted by Crippen LogP contribution is 2.27. The SMILES string of the molecule is CC(NC(=O)c1ccccc1-c1ccccc1C#N)c1cccc(NS(C)(=O)=O)c1. The molecule has 3 aromatic carbocycles. The summed E-state index contributed by atoms with van der Waals surface area (Å²) >= 11 is 0. The summed E-state index contributed by atoms with van der Waals surface area (Å²) in [6, 6.07) is 22.9. The van der Waals surface area contributed by atoms with Crippen molar-refractivity contribution in [1.82, 2.24) is 5.32 Å². The van der Waals surface area contributed by atoms with Crippen molar-refractivity contribution in [2.45, 2.75) is 13.0 Å². The number of carbonyl (C=O) groups excluding carboxylic acids is 1. The van der Waals surface area contributed by atoms with E-state index >= 15 is 0 Å². The first-order valence-electron chi connectivity index (χ1n) is 9.25. The van der Waals surface area contributed by atoms with Gasteiger partial charge >= 0.3 is 0 Å². The number of rotatable bonds is 6. The van der Waals surface area contributed by atoms with Gasteiger partial charge in [0.05, 0.1) is 23.9 Å². The molecule has 30 heavy (non-hydrogen) atoms. The number of carbonyl (C=O) groups is 1. The highest BCUT2D eigenvalue weighted by atomic mass is 32.2. The van der Waals surface area contributed by atoms with Crippen molar-refractivity contribution in [3.05, 3.63) is 89.5 Å². The number of hydrogen-bond acceptors (Lipinski definition) is 4. The van der Waals surface area contributed by atoms with Crippen LogP contribution in [0.15, 0.2) is 72.8 Å². The van der Waals surface area contributed by atoms with Gasteiger partial charge in [0.2, 0.25) is 10.0 Å². The van der Waals surface area contributed by atoms with Gasteiger partial charge in [-0.1, -0.05) is 48.5 Å². The summed E-state index contributed by atoms with van der Waals surface area (Å²) < 4.78 is 25.4. The Morgan fingerprint density at radius 2 is 1.63 bits per heavy atom. The van der Waals surface area contributed by atoms with Crippen LogP contribution in [0, 0.1) is 11.3 Å². The molecule has 3 aromatic rings. The number of nitrogens with one attached hydrogen (secondary N) is 2. The first-order chi connectivity index (χ1) is 14.3. The van der Waals surface area contributed by atoms with E-state index < -0.39 is 10.0 Å². The average molecular weight is 420 g/mol. The number of sulfonamides is 1. The van der Waals surface area contributed by atoms with E-state index in [9.17, 15) is 18.5 Å². The third-order valence-electron chi connectivity index (χ3n) is 4.55. The van der Waals surface area contributed by atoms with Gasteiger partial charge in [0.25, 0.3) is 5.91 Å². The second-order valence-corrected chi connectivity index (χ2v) is 8.65. The maximum Gasteiger partial charge on any atom is 0.252 e. The van der Waals surface area contributed by atoms with Gasteiger partial charge in [0, 0.05) is 16.8 Å². The molecule has 152 valence electrons. The largest absolute Gasteiger partial charge is 0.345 e. The molecule has 0 aliphatic heterocycles. The Balaban J connectivity index is 1.87. The molecule has 0 heterocycles. The Morgan fingerprint density at radius 1 is 0.967 bits per heavy atom. The average Bonchev–Trinajstić information content (AvgIpc) is 2.72. The van der Waals surface area contributed by atoms with Crippen LogP contribution < -0.4 is 10.0 Å². The molecule has 0 aliphatic carbocycles. The molecular weight excluding hydrogens is 398 g/mol. The quantitative estimate of drug-likeness (QED) is 0.629. The predicted molar refractivity (Wildman–Crippen MR) is 117 cm³/mol. The van der Waals surface area contributed by atoms with Gasteiger partial charge in [-0.25, -0.2) is 8.42 Å². The molecule has 3 rings (SSSR count). The Labute approximate surface area is 176 Å². The summed E-state index contributed by atoms with van der Waals surface area (Å²) in [7, 11) is -3.39. The molecule has 2 N–H and O–H groups in total. The lowest BCUT2D eigenvalue weighted by Gasteiger charge is -2.17. The summed E-state index contributed by atoms with van der Waals surface area (Å²) in [6.45, 7) is 1.82. The molecule has 1 amide bonds. The number of amides is 1. The zero-order chi connectivity index (χ0) is 21.7. The van der Waals surface area contributed by atoms with Gasteiger partial charge in [-0.2, -0.15) is 5.26 Å². The van der Waals surface area contributed by atoms with E-state index in [0.717, 1.165) is 11.8 Å². The van der Waals surface area contributed by atoms with Gasteiger partial charge in [0.1, 0.15) is 0 Å². The molecular formula is C23H21N3O3S. The summed E-state index contributed by atoms with van der Waals surface area (Å²) in [6.07, 6.45) is 1.08. The Bertz CT molecular complexity index is 1230. The molecule has 0 spiro atoms. The first-order valence-corrected chi connectivity index (χ1v) is 11.1. The van der Waals surface area contributed by atoms with E-state index in [4.69, 9.17) is 0 Å². The second-order valence-electron chi connectivity index (χ2n) is 6.90. The summed E-state index contributed by atoms with van der Waals surface area (Å²) in [5.41, 5.74) is 3.50. The maximum absolute atomic E-state index is 13.0. The van der Waals surface area contributed by atoms with Crippen LogP contribution in [0.1, 0.15) is 34.5 Å². The van der Waals surface area contributed by atoms with Crippen LogP contribution in [0.2, 0.25) is 0 Å².